The van der Waals surface area contributed by atoms with Gasteiger partial charge in [-0.05, 0) is 31.5 Å². The van der Waals surface area contributed by atoms with Crippen LogP contribution in [0.25, 0.3) is 0 Å². The summed E-state index contributed by atoms with van der Waals surface area (Å²) in [5.41, 5.74) is 0.942. The van der Waals surface area contributed by atoms with Crippen molar-refractivity contribution < 1.29 is 23.1 Å². The number of hydrogen-bond donors (Lipinski definition) is 2. The van der Waals surface area contributed by atoms with Crippen molar-refractivity contribution in [3.63, 3.8) is 0 Å². The predicted molar refractivity (Wildman–Crippen MR) is 91.8 cm³/mol. The van der Waals surface area contributed by atoms with Crippen LogP contribution in [0.15, 0.2) is 24.3 Å². The Morgan fingerprint density at radius 2 is 1.79 bits per heavy atom. The number of aromatic carboxylic acids is 1. The SMILES string of the molecule is CCN(C(=O)NCc1ccc(C(=O)O)cc1)C(C)CS(=O)(=O)CC. The number of nitrogens with zero attached hydrogens (tertiary/aromatic N) is 1. The number of rotatable bonds is 8. The van der Waals surface area contributed by atoms with Crippen LogP contribution in [0.1, 0.15) is 36.7 Å². The van der Waals surface area contributed by atoms with Crippen molar-refractivity contribution in [1.29, 1.82) is 0 Å². The van der Waals surface area contributed by atoms with Crippen molar-refractivity contribution in [2.45, 2.75) is 33.4 Å². The highest BCUT2D eigenvalue weighted by atomic mass is 32.2. The van der Waals surface area contributed by atoms with Gasteiger partial charge in [0.1, 0.15) is 0 Å². The standard InChI is InChI=1S/C16H24N2O5S/c1-4-18(12(3)11-24(22,23)5-2)16(21)17-10-13-6-8-14(9-7-13)15(19)20/h6-9,12H,4-5,10-11H2,1-3H3,(H,17,21)(H,19,20). The van der Waals surface area contributed by atoms with Crippen molar-refractivity contribution >= 4 is 21.8 Å². The summed E-state index contributed by atoms with van der Waals surface area (Å²) < 4.78 is 23.4. The Morgan fingerprint density at radius 3 is 2.25 bits per heavy atom. The van der Waals surface area contributed by atoms with Crippen LogP contribution in [-0.4, -0.2) is 54.5 Å². The maximum absolute atomic E-state index is 12.3. The number of carbonyl (C=O) groups is 2. The molecule has 1 aromatic rings. The third kappa shape index (κ3) is 5.84. The number of carbonyl (C=O) groups excluding carboxylic acids is 1. The molecule has 1 rings (SSSR count). The van der Waals surface area contributed by atoms with E-state index >= 15 is 0 Å². The molecule has 2 N–H and O–H groups in total. The molecule has 134 valence electrons. The van der Waals surface area contributed by atoms with E-state index in [0.29, 0.717) is 6.54 Å². The fraction of sp³-hybridized carbons (Fsp3) is 0.500. The second-order valence-electron chi connectivity index (χ2n) is 5.49. The van der Waals surface area contributed by atoms with Crippen LogP contribution < -0.4 is 5.32 Å². The molecule has 0 fully saturated rings. The summed E-state index contributed by atoms with van der Waals surface area (Å²) in [6.07, 6.45) is 0. The Balaban J connectivity index is 2.65. The van der Waals surface area contributed by atoms with Crippen molar-refractivity contribution in [1.82, 2.24) is 10.2 Å². The molecule has 1 atom stereocenters. The molecule has 0 saturated heterocycles. The number of amides is 2. The van der Waals surface area contributed by atoms with E-state index in [1.54, 1.807) is 32.9 Å². The molecule has 1 unspecified atom stereocenters. The zero-order valence-corrected chi connectivity index (χ0v) is 15.0. The summed E-state index contributed by atoms with van der Waals surface area (Å²) in [6.45, 7) is 5.71. The summed E-state index contributed by atoms with van der Waals surface area (Å²) in [5, 5.41) is 11.6. The Morgan fingerprint density at radius 1 is 1.21 bits per heavy atom. The Bertz CT molecular complexity index is 670. The van der Waals surface area contributed by atoms with Gasteiger partial charge in [-0.2, -0.15) is 0 Å². The first kappa shape index (κ1) is 20.0. The first-order valence-electron chi connectivity index (χ1n) is 7.77. The molecule has 0 saturated carbocycles. The number of urea groups is 1. The van der Waals surface area contributed by atoms with Crippen LogP contribution >= 0.6 is 0 Å². The second-order valence-corrected chi connectivity index (χ2v) is 7.89. The van der Waals surface area contributed by atoms with Crippen LogP contribution in [0.4, 0.5) is 4.79 Å². The van der Waals surface area contributed by atoms with E-state index in [0.717, 1.165) is 5.56 Å². The lowest BCUT2D eigenvalue weighted by Gasteiger charge is -2.28. The largest absolute Gasteiger partial charge is 0.478 e. The van der Waals surface area contributed by atoms with Crippen LogP contribution in [0.5, 0.6) is 0 Å². The predicted octanol–water partition coefficient (Wildman–Crippen LogP) is 1.74. The molecule has 8 heteroatoms. The number of nitrogens with one attached hydrogen (secondary N) is 1. The van der Waals surface area contributed by atoms with Crippen molar-refractivity contribution in [2.75, 3.05) is 18.1 Å². The first-order chi connectivity index (χ1) is 11.2. The van der Waals surface area contributed by atoms with Gasteiger partial charge < -0.3 is 15.3 Å². The molecule has 0 spiro atoms. The average Bonchev–Trinajstić information content (AvgIpc) is 2.53. The summed E-state index contributed by atoms with van der Waals surface area (Å²) in [4.78, 5) is 24.5. The number of sulfone groups is 1. The summed E-state index contributed by atoms with van der Waals surface area (Å²) in [7, 11) is -3.16. The van der Waals surface area contributed by atoms with E-state index in [1.165, 1.54) is 17.0 Å². The van der Waals surface area contributed by atoms with E-state index < -0.39 is 21.8 Å². The van der Waals surface area contributed by atoms with Crippen LogP contribution in [0.2, 0.25) is 0 Å². The maximum atomic E-state index is 12.3. The fourth-order valence-electron chi connectivity index (χ4n) is 2.28. The molecule has 0 aliphatic carbocycles. The summed E-state index contributed by atoms with van der Waals surface area (Å²) in [6, 6.07) is 5.43. The van der Waals surface area contributed by atoms with Gasteiger partial charge in [0.25, 0.3) is 0 Å². The molecule has 0 aliphatic rings. The summed E-state index contributed by atoms with van der Waals surface area (Å²) in [5.74, 6) is -1.03. The monoisotopic (exact) mass is 356 g/mol. The van der Waals surface area contributed by atoms with Gasteiger partial charge in [-0.15, -0.1) is 0 Å². The normalized spacial score (nSPS) is 12.5. The highest BCUT2D eigenvalue weighted by molar-refractivity contribution is 7.91. The second kappa shape index (κ2) is 8.68. The van der Waals surface area contributed by atoms with Gasteiger partial charge in [0, 0.05) is 24.9 Å². The molecule has 24 heavy (non-hydrogen) atoms. The van der Waals surface area contributed by atoms with Gasteiger partial charge in [0.05, 0.1) is 11.3 Å². The molecular formula is C16H24N2O5S. The lowest BCUT2D eigenvalue weighted by atomic mass is 10.1. The third-order valence-electron chi connectivity index (χ3n) is 3.71. The van der Waals surface area contributed by atoms with Gasteiger partial charge in [-0.25, -0.2) is 18.0 Å². The van der Waals surface area contributed by atoms with E-state index in [9.17, 15) is 18.0 Å². The van der Waals surface area contributed by atoms with Gasteiger partial charge in [-0.1, -0.05) is 19.1 Å². The Hall–Kier alpha value is -2.09. The molecule has 2 amide bonds. The van der Waals surface area contributed by atoms with Crippen LogP contribution in [0.3, 0.4) is 0 Å². The van der Waals surface area contributed by atoms with E-state index in [1.807, 2.05) is 0 Å². The summed E-state index contributed by atoms with van der Waals surface area (Å²) >= 11 is 0. The molecule has 0 bridgehead atoms. The van der Waals surface area contributed by atoms with Gasteiger partial charge in [0.15, 0.2) is 9.84 Å². The lowest BCUT2D eigenvalue weighted by molar-refractivity contribution is 0.0696. The quantitative estimate of drug-likeness (QED) is 0.738. The third-order valence-corrected chi connectivity index (χ3v) is 5.58. The zero-order valence-electron chi connectivity index (χ0n) is 14.2. The minimum Gasteiger partial charge on any atom is -0.478 e. The number of carboxylic acids is 1. The highest BCUT2D eigenvalue weighted by Gasteiger charge is 2.23. The smallest absolute Gasteiger partial charge is 0.335 e. The van der Waals surface area contributed by atoms with Crippen molar-refractivity contribution in [3.8, 4) is 0 Å². The lowest BCUT2D eigenvalue weighted by Crippen LogP contribution is -2.47. The average molecular weight is 356 g/mol. The van der Waals surface area contributed by atoms with Crippen LogP contribution in [0, 0.1) is 0 Å². The molecule has 1 aromatic carbocycles. The van der Waals surface area contributed by atoms with Gasteiger partial charge >= 0.3 is 12.0 Å². The van der Waals surface area contributed by atoms with Crippen molar-refractivity contribution in [2.24, 2.45) is 0 Å². The molecule has 0 aromatic heterocycles. The number of benzene rings is 1. The minimum atomic E-state index is -3.16. The Labute approximate surface area is 142 Å². The molecule has 0 heterocycles. The van der Waals surface area contributed by atoms with Crippen LogP contribution in [-0.2, 0) is 16.4 Å². The van der Waals surface area contributed by atoms with Gasteiger partial charge in [-0.3, -0.25) is 0 Å². The molecular weight excluding hydrogens is 332 g/mol. The van der Waals surface area contributed by atoms with Gasteiger partial charge in [0.2, 0.25) is 0 Å². The molecule has 0 radical (unpaired) electrons. The van der Waals surface area contributed by atoms with E-state index in [-0.39, 0.29) is 29.6 Å². The fourth-order valence-corrected chi connectivity index (χ4v) is 3.43. The van der Waals surface area contributed by atoms with Crippen molar-refractivity contribution in [3.05, 3.63) is 35.4 Å². The molecule has 7 nitrogen and oxygen atoms in total. The number of hydrogen-bond acceptors (Lipinski definition) is 4. The molecule has 0 aliphatic heterocycles. The Kier molecular flexibility index (Phi) is 7.21. The minimum absolute atomic E-state index is 0.0481. The highest BCUT2D eigenvalue weighted by Crippen LogP contribution is 2.07. The van der Waals surface area contributed by atoms with E-state index in [4.69, 9.17) is 5.11 Å². The number of carboxylic acid groups (broad SMARTS) is 1. The topological polar surface area (TPSA) is 104 Å². The zero-order chi connectivity index (χ0) is 18.3. The van der Waals surface area contributed by atoms with E-state index in [2.05, 4.69) is 5.32 Å². The first-order valence-corrected chi connectivity index (χ1v) is 9.59. The maximum Gasteiger partial charge on any atom is 0.335 e.